The molecule has 0 saturated carbocycles. The fourth-order valence-corrected chi connectivity index (χ4v) is 2.10. The quantitative estimate of drug-likeness (QED) is 0.251. The van der Waals surface area contributed by atoms with Crippen LogP contribution in [0.1, 0.15) is 11.1 Å². The average molecular weight is 474 g/mol. The van der Waals surface area contributed by atoms with Crippen molar-refractivity contribution in [1.29, 1.82) is 0 Å². The van der Waals surface area contributed by atoms with E-state index in [2.05, 4.69) is 4.74 Å². The zero-order valence-corrected chi connectivity index (χ0v) is 13.7. The Bertz CT molecular complexity index is 1050. The molecule has 0 atom stereocenters. The van der Waals surface area contributed by atoms with Crippen LogP contribution in [0.3, 0.4) is 0 Å². The van der Waals surface area contributed by atoms with Crippen molar-refractivity contribution in [3.8, 4) is 11.5 Å². The molecule has 2 aromatic rings. The highest BCUT2D eigenvalue weighted by atomic mass is 19.3. The maximum atomic E-state index is 13.9. The molecule has 0 N–H and O–H groups in total. The molecular formula is C16F14O. The largest absolute Gasteiger partial charge is 0.449 e. The van der Waals surface area contributed by atoms with E-state index in [1.54, 1.807) is 0 Å². The summed E-state index contributed by atoms with van der Waals surface area (Å²) in [7, 11) is 0. The van der Waals surface area contributed by atoms with Gasteiger partial charge in [0.2, 0.25) is 34.9 Å². The molecule has 0 amide bonds. The molecule has 0 fully saturated rings. The Labute approximate surface area is 160 Å². The predicted octanol–water partition coefficient (Wildman–Crippen LogP) is 7.66. The third-order valence-corrected chi connectivity index (χ3v) is 3.42. The van der Waals surface area contributed by atoms with Crippen LogP contribution in [0.2, 0.25) is 0 Å². The first kappa shape index (κ1) is 24.0. The van der Waals surface area contributed by atoms with Gasteiger partial charge in [0.05, 0.1) is 0 Å². The normalized spacial score (nSPS) is 10.9. The molecule has 0 bridgehead atoms. The number of halogens is 14. The molecule has 0 aliphatic carbocycles. The minimum absolute atomic E-state index is 2.61. The second kappa shape index (κ2) is 8.47. The van der Waals surface area contributed by atoms with Gasteiger partial charge in [-0.1, -0.05) is 0 Å². The fraction of sp³-hybridized carbons (Fsp3) is 0. The molecule has 31 heavy (non-hydrogen) atoms. The Balaban J connectivity index is 3.03. The number of ether oxygens (including phenoxy) is 1. The second-order valence-electron chi connectivity index (χ2n) is 5.17. The maximum absolute atomic E-state index is 13.9. The van der Waals surface area contributed by atoms with E-state index in [0.29, 0.717) is 0 Å². The summed E-state index contributed by atoms with van der Waals surface area (Å²) in [4.78, 5) is 0. The lowest BCUT2D eigenvalue weighted by atomic mass is 10.1. The summed E-state index contributed by atoms with van der Waals surface area (Å²) in [5.74, 6) is -35.1. The summed E-state index contributed by atoms with van der Waals surface area (Å²) < 4.78 is 190. The van der Waals surface area contributed by atoms with Gasteiger partial charge in [0.25, 0.3) is 0 Å². The molecule has 0 heterocycles. The highest BCUT2D eigenvalue weighted by Gasteiger charge is 2.36. The Morgan fingerprint density at radius 3 is 0.903 bits per heavy atom. The Hall–Kier alpha value is -3.26. The van der Waals surface area contributed by atoms with Gasteiger partial charge in [0, 0.05) is 0 Å². The number of hydrogen-bond acceptors (Lipinski definition) is 1. The van der Waals surface area contributed by atoms with Crippen molar-refractivity contribution < 1.29 is 66.2 Å². The van der Waals surface area contributed by atoms with Gasteiger partial charge in [-0.05, 0) is 0 Å². The van der Waals surface area contributed by atoms with Gasteiger partial charge >= 0.3 is 12.2 Å². The van der Waals surface area contributed by atoms with Crippen LogP contribution in [-0.4, -0.2) is 0 Å². The summed E-state index contributed by atoms with van der Waals surface area (Å²) in [6, 6.07) is 0. The second-order valence-corrected chi connectivity index (χ2v) is 5.17. The molecule has 2 aromatic carbocycles. The highest BCUT2D eigenvalue weighted by molar-refractivity contribution is 5.70. The predicted molar refractivity (Wildman–Crippen MR) is 73.1 cm³/mol. The Morgan fingerprint density at radius 2 is 0.645 bits per heavy atom. The summed E-state index contributed by atoms with van der Waals surface area (Å²) in [5, 5.41) is 0. The molecule has 0 aliphatic rings. The molecule has 0 aromatic heterocycles. The zero-order chi connectivity index (χ0) is 23.9. The molecule has 2 rings (SSSR count). The molecule has 0 unspecified atom stereocenters. The minimum Gasteiger partial charge on any atom is -0.449 e. The molecule has 15 heteroatoms. The van der Waals surface area contributed by atoms with E-state index >= 15 is 0 Å². The minimum atomic E-state index is -3.54. The van der Waals surface area contributed by atoms with Gasteiger partial charge in [-0.3, -0.25) is 0 Å². The van der Waals surface area contributed by atoms with Crippen LogP contribution in [-0.2, 0) is 0 Å². The van der Waals surface area contributed by atoms with Crippen LogP contribution in [0.5, 0.6) is 11.5 Å². The van der Waals surface area contributed by atoms with Crippen LogP contribution >= 0.6 is 0 Å². The van der Waals surface area contributed by atoms with Crippen LogP contribution in [0.4, 0.5) is 61.5 Å². The monoisotopic (exact) mass is 474 g/mol. The van der Waals surface area contributed by atoms with Gasteiger partial charge in [-0.15, -0.1) is 0 Å². The first-order valence-electron chi connectivity index (χ1n) is 7.05. The average Bonchev–Trinajstić information content (AvgIpc) is 2.71. The van der Waals surface area contributed by atoms with E-state index in [4.69, 9.17) is 0 Å². The maximum Gasteiger partial charge on any atom is 0.306 e. The van der Waals surface area contributed by atoms with Crippen molar-refractivity contribution >= 4 is 11.7 Å². The lowest BCUT2D eigenvalue weighted by Crippen LogP contribution is -2.09. The summed E-state index contributed by atoms with van der Waals surface area (Å²) in [5.41, 5.74) is -5.28. The van der Waals surface area contributed by atoms with Crippen LogP contribution in [0.15, 0.2) is 12.2 Å². The van der Waals surface area contributed by atoms with Crippen molar-refractivity contribution in [3.05, 3.63) is 69.8 Å². The third kappa shape index (κ3) is 3.90. The van der Waals surface area contributed by atoms with E-state index in [9.17, 15) is 61.5 Å². The van der Waals surface area contributed by atoms with Gasteiger partial charge in [-0.2, -0.15) is 26.3 Å². The summed E-state index contributed by atoms with van der Waals surface area (Å²) >= 11 is 0. The van der Waals surface area contributed by atoms with Crippen molar-refractivity contribution in [2.75, 3.05) is 0 Å². The van der Waals surface area contributed by atoms with Gasteiger partial charge < -0.3 is 4.74 Å². The summed E-state index contributed by atoms with van der Waals surface area (Å²) in [6.07, 6.45) is -7.07. The van der Waals surface area contributed by atoms with Crippen molar-refractivity contribution in [1.82, 2.24) is 0 Å². The fourth-order valence-electron chi connectivity index (χ4n) is 2.10. The standard InChI is InChI=1S/C16F14O/c17-3-1(5(19)15(27)28)13(11(25)9(23)7(3)21)31-14-2(6(20)16(29)30)4(18)8(22)10(24)12(14)26. The van der Waals surface area contributed by atoms with E-state index in [1.165, 1.54) is 0 Å². The smallest absolute Gasteiger partial charge is 0.306 e. The van der Waals surface area contributed by atoms with Gasteiger partial charge in [0.1, 0.15) is 11.1 Å². The molecule has 0 spiro atoms. The highest BCUT2D eigenvalue weighted by Crippen LogP contribution is 2.44. The van der Waals surface area contributed by atoms with E-state index in [-0.39, 0.29) is 0 Å². The van der Waals surface area contributed by atoms with Crippen molar-refractivity contribution in [2.24, 2.45) is 0 Å². The molecule has 168 valence electrons. The third-order valence-electron chi connectivity index (χ3n) is 3.42. The van der Waals surface area contributed by atoms with Crippen molar-refractivity contribution in [2.45, 2.75) is 0 Å². The van der Waals surface area contributed by atoms with Crippen LogP contribution < -0.4 is 4.74 Å². The number of benzene rings is 2. The number of hydrogen-bond donors (Lipinski definition) is 0. The Kier molecular flexibility index (Phi) is 6.56. The zero-order valence-electron chi connectivity index (χ0n) is 13.7. The Morgan fingerprint density at radius 1 is 0.387 bits per heavy atom. The van der Waals surface area contributed by atoms with Crippen LogP contribution in [0, 0.1) is 46.5 Å². The van der Waals surface area contributed by atoms with Crippen LogP contribution in [0.25, 0.3) is 11.7 Å². The lowest BCUT2D eigenvalue weighted by Gasteiger charge is -2.16. The summed E-state index contributed by atoms with van der Waals surface area (Å²) in [6.45, 7) is 0. The van der Waals surface area contributed by atoms with E-state index in [1.807, 2.05) is 0 Å². The van der Waals surface area contributed by atoms with Gasteiger partial charge in [0.15, 0.2) is 34.8 Å². The van der Waals surface area contributed by atoms with Gasteiger partial charge in [-0.25, -0.2) is 35.1 Å². The first-order valence-corrected chi connectivity index (χ1v) is 7.05. The molecule has 0 radical (unpaired) electrons. The molecule has 0 saturated heterocycles. The SMILES string of the molecule is FC(F)=C(F)c1c(F)c(F)c(F)c(F)c1Oc1c(F)c(F)c(F)c(F)c1C(F)=C(F)F. The first-order chi connectivity index (χ1) is 14.2. The van der Waals surface area contributed by atoms with E-state index < -0.39 is 93.0 Å². The topological polar surface area (TPSA) is 9.23 Å². The molecular weight excluding hydrogens is 474 g/mol. The van der Waals surface area contributed by atoms with E-state index in [0.717, 1.165) is 0 Å². The molecule has 0 aliphatic heterocycles. The number of rotatable bonds is 4. The van der Waals surface area contributed by atoms with Crippen molar-refractivity contribution in [3.63, 3.8) is 0 Å². The molecule has 1 nitrogen and oxygen atoms in total. The lowest BCUT2D eigenvalue weighted by molar-refractivity contribution is 0.336.